The minimum atomic E-state index is 0. The molecule has 0 unspecified atom stereocenters. The first-order valence-electron chi connectivity index (χ1n) is 9.48. The maximum Gasteiger partial charge on any atom is 0.191 e. The molecule has 0 amide bonds. The molecule has 2 heterocycles. The van der Waals surface area contributed by atoms with Crippen LogP contribution in [0.4, 0.5) is 5.82 Å². The minimum Gasteiger partial charge on any atom is -0.379 e. The first kappa shape index (κ1) is 22.6. The molecule has 3 rings (SSSR count). The van der Waals surface area contributed by atoms with Gasteiger partial charge in [-0.3, -0.25) is 9.89 Å². The van der Waals surface area contributed by atoms with Crippen molar-refractivity contribution in [3.05, 3.63) is 35.9 Å². The molecule has 1 aliphatic heterocycles. The fourth-order valence-corrected chi connectivity index (χ4v) is 3.16. The van der Waals surface area contributed by atoms with Crippen molar-refractivity contribution in [1.82, 2.24) is 20.5 Å². The standard InChI is InChI=1S/C20H30N6O.HI/c1-21-20(22-8-9-26-10-12-27-13-11-26)23-15-16-14-19(25(2)3)24-18-7-5-4-6-17(16)18;/h4-7,14H,8-13,15H2,1-3H3,(H2,21,22,23);1H. The number of benzene rings is 1. The minimum absolute atomic E-state index is 0. The molecule has 1 fully saturated rings. The maximum absolute atomic E-state index is 5.39. The summed E-state index contributed by atoms with van der Waals surface area (Å²) in [7, 11) is 5.83. The molecule has 1 aromatic carbocycles. The summed E-state index contributed by atoms with van der Waals surface area (Å²) in [4.78, 5) is 13.5. The molecule has 0 bridgehead atoms. The van der Waals surface area contributed by atoms with Crippen molar-refractivity contribution in [2.24, 2.45) is 4.99 Å². The number of guanidine groups is 1. The smallest absolute Gasteiger partial charge is 0.191 e. The van der Waals surface area contributed by atoms with Crippen LogP contribution in [0.1, 0.15) is 5.56 Å². The molecule has 1 aromatic heterocycles. The summed E-state index contributed by atoms with van der Waals surface area (Å²) >= 11 is 0. The van der Waals surface area contributed by atoms with Gasteiger partial charge in [0, 0.05) is 59.3 Å². The Balaban J connectivity index is 0.00000280. The van der Waals surface area contributed by atoms with E-state index in [1.807, 2.05) is 25.1 Å². The molecule has 2 N–H and O–H groups in total. The number of ether oxygens (including phenoxy) is 1. The number of para-hydroxylation sites is 1. The molecule has 0 atom stereocenters. The molecule has 2 aromatic rings. The average molecular weight is 498 g/mol. The summed E-state index contributed by atoms with van der Waals surface area (Å²) < 4.78 is 5.39. The van der Waals surface area contributed by atoms with E-state index in [1.165, 1.54) is 10.9 Å². The van der Waals surface area contributed by atoms with Gasteiger partial charge in [-0.2, -0.15) is 0 Å². The predicted molar refractivity (Wildman–Crippen MR) is 127 cm³/mol. The third-order valence-corrected chi connectivity index (χ3v) is 4.74. The molecule has 1 saturated heterocycles. The predicted octanol–water partition coefficient (Wildman–Crippen LogP) is 1.92. The van der Waals surface area contributed by atoms with Crippen molar-refractivity contribution in [3.8, 4) is 0 Å². The van der Waals surface area contributed by atoms with Crippen molar-refractivity contribution in [2.45, 2.75) is 6.54 Å². The molecule has 0 aliphatic carbocycles. The number of nitrogens with one attached hydrogen (secondary N) is 2. The number of aromatic nitrogens is 1. The van der Waals surface area contributed by atoms with E-state index >= 15 is 0 Å². The number of halogens is 1. The van der Waals surface area contributed by atoms with Crippen molar-refractivity contribution in [3.63, 3.8) is 0 Å². The lowest BCUT2D eigenvalue weighted by atomic mass is 10.1. The van der Waals surface area contributed by atoms with E-state index in [0.29, 0.717) is 6.54 Å². The fourth-order valence-electron chi connectivity index (χ4n) is 3.16. The summed E-state index contributed by atoms with van der Waals surface area (Å²) in [5, 5.41) is 8.00. The number of hydrogen-bond acceptors (Lipinski definition) is 5. The Morgan fingerprint density at radius 1 is 1.21 bits per heavy atom. The van der Waals surface area contributed by atoms with E-state index < -0.39 is 0 Å². The molecule has 0 radical (unpaired) electrons. The molecule has 7 nitrogen and oxygen atoms in total. The Morgan fingerprint density at radius 3 is 2.68 bits per heavy atom. The van der Waals surface area contributed by atoms with Gasteiger partial charge in [0.25, 0.3) is 0 Å². The lowest BCUT2D eigenvalue weighted by molar-refractivity contribution is 0.0389. The number of fused-ring (bicyclic) bond motifs is 1. The Morgan fingerprint density at radius 2 is 1.96 bits per heavy atom. The second-order valence-electron chi connectivity index (χ2n) is 6.86. The monoisotopic (exact) mass is 498 g/mol. The van der Waals surface area contributed by atoms with Crippen LogP contribution in [0.25, 0.3) is 10.9 Å². The molecule has 1 aliphatic rings. The van der Waals surface area contributed by atoms with E-state index in [-0.39, 0.29) is 24.0 Å². The summed E-state index contributed by atoms with van der Waals surface area (Å²) in [5.41, 5.74) is 2.22. The first-order chi connectivity index (χ1) is 13.2. The quantitative estimate of drug-likeness (QED) is 0.361. The number of aliphatic imine (C=N–C) groups is 1. The number of pyridine rings is 1. The van der Waals surface area contributed by atoms with Gasteiger partial charge in [-0.05, 0) is 17.7 Å². The number of morpholine rings is 1. The van der Waals surface area contributed by atoms with Gasteiger partial charge in [0.1, 0.15) is 5.82 Å². The number of hydrogen-bond donors (Lipinski definition) is 2. The fraction of sp³-hybridized carbons (Fsp3) is 0.500. The van der Waals surface area contributed by atoms with Gasteiger partial charge < -0.3 is 20.3 Å². The first-order valence-corrected chi connectivity index (χ1v) is 9.48. The zero-order valence-electron chi connectivity index (χ0n) is 16.9. The van der Waals surface area contributed by atoms with Crippen LogP contribution in [0.3, 0.4) is 0 Å². The van der Waals surface area contributed by atoms with Crippen LogP contribution >= 0.6 is 24.0 Å². The summed E-state index contributed by atoms with van der Waals surface area (Å²) in [6.45, 7) is 6.22. The van der Waals surface area contributed by atoms with Crippen LogP contribution in [0, 0.1) is 0 Å². The largest absolute Gasteiger partial charge is 0.379 e. The van der Waals surface area contributed by atoms with Gasteiger partial charge >= 0.3 is 0 Å². The van der Waals surface area contributed by atoms with Gasteiger partial charge in [-0.1, -0.05) is 18.2 Å². The molecule has 28 heavy (non-hydrogen) atoms. The number of rotatable bonds is 6. The van der Waals surface area contributed by atoms with Gasteiger partial charge in [-0.15, -0.1) is 24.0 Å². The van der Waals surface area contributed by atoms with Gasteiger partial charge in [0.15, 0.2) is 5.96 Å². The van der Waals surface area contributed by atoms with Crippen LogP contribution in [0.2, 0.25) is 0 Å². The highest BCUT2D eigenvalue weighted by molar-refractivity contribution is 14.0. The Labute approximate surface area is 184 Å². The molecule has 0 spiro atoms. The Kier molecular flexibility index (Phi) is 9.20. The van der Waals surface area contributed by atoms with Crippen molar-refractivity contribution in [2.75, 3.05) is 65.4 Å². The highest BCUT2D eigenvalue weighted by Gasteiger charge is 2.10. The molecular formula is C20H31IN6O. The second-order valence-corrected chi connectivity index (χ2v) is 6.86. The summed E-state index contributed by atoms with van der Waals surface area (Å²) in [6, 6.07) is 10.4. The van der Waals surface area contributed by atoms with Gasteiger partial charge in [0.2, 0.25) is 0 Å². The lowest BCUT2D eigenvalue weighted by Crippen LogP contribution is -2.44. The van der Waals surface area contributed by atoms with Gasteiger partial charge in [0.05, 0.1) is 18.7 Å². The van der Waals surface area contributed by atoms with Crippen LogP contribution in [-0.4, -0.2) is 76.4 Å². The van der Waals surface area contributed by atoms with E-state index in [4.69, 9.17) is 9.72 Å². The van der Waals surface area contributed by atoms with Crippen molar-refractivity contribution in [1.29, 1.82) is 0 Å². The molecule has 0 saturated carbocycles. The summed E-state index contributed by atoms with van der Waals surface area (Å²) in [6.07, 6.45) is 0. The van der Waals surface area contributed by atoms with Crippen LogP contribution in [-0.2, 0) is 11.3 Å². The third-order valence-electron chi connectivity index (χ3n) is 4.74. The normalized spacial score (nSPS) is 15.2. The van der Waals surface area contributed by atoms with Crippen LogP contribution < -0.4 is 15.5 Å². The van der Waals surface area contributed by atoms with E-state index in [1.54, 1.807) is 7.05 Å². The van der Waals surface area contributed by atoms with Crippen molar-refractivity contribution >= 4 is 46.7 Å². The molecule has 8 heteroatoms. The van der Waals surface area contributed by atoms with Crippen LogP contribution in [0.15, 0.2) is 35.3 Å². The second kappa shape index (κ2) is 11.4. The van der Waals surface area contributed by atoms with E-state index in [2.05, 4.69) is 44.8 Å². The maximum atomic E-state index is 5.39. The van der Waals surface area contributed by atoms with E-state index in [9.17, 15) is 0 Å². The van der Waals surface area contributed by atoms with E-state index in [0.717, 1.165) is 56.7 Å². The number of anilines is 1. The zero-order chi connectivity index (χ0) is 19.1. The van der Waals surface area contributed by atoms with Crippen LogP contribution in [0.5, 0.6) is 0 Å². The highest BCUT2D eigenvalue weighted by atomic mass is 127. The Bertz CT molecular complexity index is 776. The Hall–Kier alpha value is -1.65. The molecular weight excluding hydrogens is 467 g/mol. The number of nitrogens with zero attached hydrogens (tertiary/aromatic N) is 4. The average Bonchev–Trinajstić information content (AvgIpc) is 2.70. The highest BCUT2D eigenvalue weighted by Crippen LogP contribution is 2.21. The zero-order valence-corrected chi connectivity index (χ0v) is 19.3. The SMILES string of the molecule is CN=C(NCCN1CCOCC1)NCc1cc(N(C)C)nc2ccccc12.I. The topological polar surface area (TPSA) is 65.0 Å². The van der Waals surface area contributed by atoms with Gasteiger partial charge in [-0.25, -0.2) is 4.98 Å². The van der Waals surface area contributed by atoms with Crippen molar-refractivity contribution < 1.29 is 4.74 Å². The molecule has 154 valence electrons. The summed E-state index contributed by atoms with van der Waals surface area (Å²) in [5.74, 6) is 1.77. The third kappa shape index (κ3) is 6.18. The lowest BCUT2D eigenvalue weighted by Gasteiger charge is -2.26.